The number of hydrogen-bond acceptors (Lipinski definition) is 5. The lowest BCUT2D eigenvalue weighted by molar-refractivity contribution is 0.179. The van der Waals surface area contributed by atoms with E-state index in [9.17, 15) is 4.79 Å². The highest BCUT2D eigenvalue weighted by molar-refractivity contribution is 7.14. The molecule has 0 saturated carbocycles. The third-order valence-electron chi connectivity index (χ3n) is 5.12. The molecule has 2 heterocycles. The lowest BCUT2D eigenvalue weighted by Crippen LogP contribution is -2.44. The number of aromatic nitrogens is 2. The normalized spacial score (nSPS) is 16.4. The van der Waals surface area contributed by atoms with Crippen molar-refractivity contribution in [2.45, 2.75) is 25.3 Å². The van der Waals surface area contributed by atoms with Crippen molar-refractivity contribution in [2.24, 2.45) is 0 Å². The molecule has 3 aromatic rings. The molecular weight excluding hydrogens is 384 g/mol. The van der Waals surface area contributed by atoms with Crippen molar-refractivity contribution in [1.29, 1.82) is 0 Å². The Morgan fingerprint density at radius 2 is 1.97 bits per heavy atom. The summed E-state index contributed by atoms with van der Waals surface area (Å²) in [7, 11) is 1.66. The lowest BCUT2D eigenvalue weighted by atomic mass is 9.99. The van der Waals surface area contributed by atoms with Gasteiger partial charge in [-0.05, 0) is 42.7 Å². The highest BCUT2D eigenvalue weighted by atomic mass is 32.1. The van der Waals surface area contributed by atoms with Gasteiger partial charge in [-0.1, -0.05) is 41.7 Å². The first-order valence-corrected chi connectivity index (χ1v) is 10.6. The molecular formula is C22H24N4O2S. The molecule has 150 valence electrons. The molecule has 7 heteroatoms. The average molecular weight is 409 g/mol. The molecule has 1 aliphatic rings. The number of nitrogens with zero attached hydrogens (tertiary/aromatic N) is 3. The molecule has 2 amide bonds. The topological polar surface area (TPSA) is 67.4 Å². The molecule has 4 rings (SSSR count). The summed E-state index contributed by atoms with van der Waals surface area (Å²) in [6.07, 6.45) is 2.00. The Labute approximate surface area is 174 Å². The average Bonchev–Trinajstić information content (AvgIpc) is 3.29. The Morgan fingerprint density at radius 3 is 2.72 bits per heavy atom. The van der Waals surface area contributed by atoms with Crippen LogP contribution in [0.25, 0.3) is 10.6 Å². The summed E-state index contributed by atoms with van der Waals surface area (Å²) in [4.78, 5) is 14.5. The van der Waals surface area contributed by atoms with Gasteiger partial charge in [0, 0.05) is 31.1 Å². The van der Waals surface area contributed by atoms with E-state index in [1.165, 1.54) is 0 Å². The van der Waals surface area contributed by atoms with Crippen molar-refractivity contribution < 1.29 is 9.53 Å². The van der Waals surface area contributed by atoms with Crippen LogP contribution in [0.3, 0.4) is 0 Å². The van der Waals surface area contributed by atoms with Gasteiger partial charge in [-0.15, -0.1) is 10.2 Å². The van der Waals surface area contributed by atoms with Crippen LogP contribution in [0.1, 0.15) is 29.3 Å². The second-order valence-corrected chi connectivity index (χ2v) is 8.11. The summed E-state index contributed by atoms with van der Waals surface area (Å²) in [5.74, 6) is 1.05. The smallest absolute Gasteiger partial charge is 0.317 e. The van der Waals surface area contributed by atoms with Crippen molar-refractivity contribution in [1.82, 2.24) is 20.4 Å². The fraction of sp³-hybridized carbons (Fsp3) is 0.318. The van der Waals surface area contributed by atoms with Crippen molar-refractivity contribution in [3.8, 4) is 16.3 Å². The summed E-state index contributed by atoms with van der Waals surface area (Å²) in [5.41, 5.74) is 2.13. The van der Waals surface area contributed by atoms with E-state index in [0.29, 0.717) is 13.1 Å². The summed E-state index contributed by atoms with van der Waals surface area (Å²) in [5, 5.41) is 13.7. The summed E-state index contributed by atoms with van der Waals surface area (Å²) in [6, 6.07) is 17.8. The van der Waals surface area contributed by atoms with Crippen LogP contribution in [-0.4, -0.2) is 41.3 Å². The van der Waals surface area contributed by atoms with Gasteiger partial charge in [0.15, 0.2) is 0 Å². The Morgan fingerprint density at radius 1 is 1.17 bits per heavy atom. The maximum Gasteiger partial charge on any atom is 0.317 e. The maximum atomic E-state index is 12.6. The van der Waals surface area contributed by atoms with E-state index >= 15 is 0 Å². The highest BCUT2D eigenvalue weighted by Crippen LogP contribution is 2.33. The minimum atomic E-state index is -0.0153. The molecule has 6 nitrogen and oxygen atoms in total. The van der Waals surface area contributed by atoms with Gasteiger partial charge in [0.05, 0.1) is 7.11 Å². The predicted molar refractivity (Wildman–Crippen MR) is 114 cm³/mol. The van der Waals surface area contributed by atoms with Gasteiger partial charge in [-0.2, -0.15) is 0 Å². The fourth-order valence-electron chi connectivity index (χ4n) is 3.50. The summed E-state index contributed by atoms with van der Waals surface area (Å²) < 4.78 is 5.21. The molecule has 1 aliphatic heterocycles. The van der Waals surface area contributed by atoms with Crippen LogP contribution in [0.5, 0.6) is 5.75 Å². The minimum absolute atomic E-state index is 0.0153. The van der Waals surface area contributed by atoms with E-state index in [1.54, 1.807) is 18.4 Å². The predicted octanol–water partition coefficient (Wildman–Crippen LogP) is 4.30. The van der Waals surface area contributed by atoms with Crippen molar-refractivity contribution in [3.63, 3.8) is 0 Å². The summed E-state index contributed by atoms with van der Waals surface area (Å²) in [6.45, 7) is 2.00. The Hall–Kier alpha value is -2.93. The van der Waals surface area contributed by atoms with E-state index in [4.69, 9.17) is 4.74 Å². The third kappa shape index (κ3) is 4.74. The number of benzene rings is 2. The number of amides is 2. The van der Waals surface area contributed by atoms with Crippen molar-refractivity contribution in [3.05, 3.63) is 65.2 Å². The molecule has 0 aliphatic carbocycles. The molecule has 1 atom stereocenters. The van der Waals surface area contributed by atoms with Crippen LogP contribution in [0.15, 0.2) is 54.6 Å². The van der Waals surface area contributed by atoms with Gasteiger partial charge in [0.25, 0.3) is 0 Å². The van der Waals surface area contributed by atoms with E-state index < -0.39 is 0 Å². The van der Waals surface area contributed by atoms with Crippen LogP contribution in [0.4, 0.5) is 4.79 Å². The number of rotatable bonds is 5. The molecule has 0 spiro atoms. The van der Waals surface area contributed by atoms with E-state index in [-0.39, 0.29) is 11.9 Å². The largest absolute Gasteiger partial charge is 0.497 e. The maximum absolute atomic E-state index is 12.6. The molecule has 2 aromatic carbocycles. The molecule has 1 aromatic heterocycles. The number of carbonyl (C=O) groups is 1. The Bertz CT molecular complexity index is 943. The second kappa shape index (κ2) is 9.05. The first kappa shape index (κ1) is 19.4. The standard InChI is InChI=1S/C22H24N4O2S/c1-28-19-11-9-17(10-12-19)20-24-25-21(29-20)18-8-5-13-26(15-18)22(27)23-14-16-6-3-2-4-7-16/h2-4,6-7,9-12,18H,5,8,13-15H2,1H3,(H,23,27). The quantitative estimate of drug-likeness (QED) is 0.683. The zero-order chi connectivity index (χ0) is 20.1. The van der Waals surface area contributed by atoms with E-state index in [1.807, 2.05) is 59.5 Å². The van der Waals surface area contributed by atoms with Crippen LogP contribution in [0, 0.1) is 0 Å². The van der Waals surface area contributed by atoms with Crippen LogP contribution >= 0.6 is 11.3 Å². The van der Waals surface area contributed by atoms with Gasteiger partial charge < -0.3 is 15.0 Å². The number of hydrogen-bond donors (Lipinski definition) is 1. The molecule has 1 fully saturated rings. The first-order valence-electron chi connectivity index (χ1n) is 9.77. The van der Waals surface area contributed by atoms with Crippen LogP contribution < -0.4 is 10.1 Å². The first-order chi connectivity index (χ1) is 14.2. The molecule has 0 radical (unpaired) electrons. The number of urea groups is 1. The van der Waals surface area contributed by atoms with E-state index in [0.717, 1.165) is 46.3 Å². The third-order valence-corrected chi connectivity index (χ3v) is 6.26. The van der Waals surface area contributed by atoms with Crippen molar-refractivity contribution in [2.75, 3.05) is 20.2 Å². The van der Waals surface area contributed by atoms with Gasteiger partial charge >= 0.3 is 6.03 Å². The fourth-order valence-corrected chi connectivity index (χ4v) is 4.47. The van der Waals surface area contributed by atoms with E-state index in [2.05, 4.69) is 15.5 Å². The summed E-state index contributed by atoms with van der Waals surface area (Å²) >= 11 is 1.61. The highest BCUT2D eigenvalue weighted by Gasteiger charge is 2.27. The number of ether oxygens (including phenoxy) is 1. The number of piperidine rings is 1. The van der Waals surface area contributed by atoms with Crippen molar-refractivity contribution >= 4 is 17.4 Å². The van der Waals surface area contributed by atoms with Crippen LogP contribution in [-0.2, 0) is 6.54 Å². The zero-order valence-corrected chi connectivity index (χ0v) is 17.2. The zero-order valence-electron chi connectivity index (χ0n) is 16.4. The Kier molecular flexibility index (Phi) is 6.05. The monoisotopic (exact) mass is 408 g/mol. The second-order valence-electron chi connectivity index (χ2n) is 7.10. The Balaban J connectivity index is 1.38. The molecule has 0 bridgehead atoms. The number of carbonyl (C=O) groups excluding carboxylic acids is 1. The molecule has 29 heavy (non-hydrogen) atoms. The minimum Gasteiger partial charge on any atom is -0.497 e. The number of methoxy groups -OCH3 is 1. The molecule has 1 saturated heterocycles. The van der Waals surface area contributed by atoms with Gasteiger partial charge in [-0.25, -0.2) is 4.79 Å². The van der Waals surface area contributed by atoms with Gasteiger partial charge in [0.2, 0.25) is 0 Å². The number of likely N-dealkylation sites (tertiary alicyclic amines) is 1. The number of nitrogens with one attached hydrogen (secondary N) is 1. The van der Waals surface area contributed by atoms with Gasteiger partial charge in [0.1, 0.15) is 15.8 Å². The lowest BCUT2D eigenvalue weighted by Gasteiger charge is -2.31. The molecule has 1 unspecified atom stereocenters. The van der Waals surface area contributed by atoms with Crippen LogP contribution in [0.2, 0.25) is 0 Å². The molecule has 1 N–H and O–H groups in total. The SMILES string of the molecule is COc1ccc(-c2nnc(C3CCCN(C(=O)NCc4ccccc4)C3)s2)cc1. The van der Waals surface area contributed by atoms with Gasteiger partial charge in [-0.3, -0.25) is 0 Å².